The fourth-order valence-electron chi connectivity index (χ4n) is 2.06. The Morgan fingerprint density at radius 3 is 2.29 bits per heavy atom. The smallest absolute Gasteiger partial charge is 0.354 e. The molecule has 7 heteroatoms. The van der Waals surface area contributed by atoms with E-state index in [2.05, 4.69) is 22.6 Å². The molecule has 0 aromatic carbocycles. The first-order chi connectivity index (χ1) is 9.85. The molecule has 2 rings (SSSR count). The van der Waals surface area contributed by atoms with Crippen molar-refractivity contribution in [1.29, 1.82) is 0 Å². The van der Waals surface area contributed by atoms with Crippen molar-refractivity contribution in [2.75, 3.05) is 19.1 Å². The van der Waals surface area contributed by atoms with E-state index in [-0.39, 0.29) is 5.91 Å². The molecule has 2 aromatic rings. The lowest BCUT2D eigenvalue weighted by Gasteiger charge is -2.15. The van der Waals surface area contributed by atoms with Gasteiger partial charge in [-0.05, 0) is 34.7 Å². The summed E-state index contributed by atoms with van der Waals surface area (Å²) < 4.78 is 9.13. The number of nitrogens with zero attached hydrogens (tertiary/aromatic N) is 3. The molecule has 0 bridgehead atoms. The molecule has 2 aromatic heterocycles. The number of rotatable bonds is 3. The highest BCUT2D eigenvalue weighted by molar-refractivity contribution is 14.1. The highest BCUT2D eigenvalue weighted by Gasteiger charge is 2.20. The highest BCUT2D eigenvalue weighted by atomic mass is 127. The maximum atomic E-state index is 12.5. The van der Waals surface area contributed by atoms with Gasteiger partial charge in [0.2, 0.25) is 0 Å². The first-order valence-electron chi connectivity index (χ1n) is 6.19. The van der Waals surface area contributed by atoms with Crippen LogP contribution in [0.5, 0.6) is 0 Å². The normalized spacial score (nSPS) is 10.5. The van der Waals surface area contributed by atoms with Crippen LogP contribution in [-0.2, 0) is 18.8 Å². The maximum absolute atomic E-state index is 12.5. The molecule has 2 heterocycles. The predicted molar refractivity (Wildman–Crippen MR) is 87.6 cm³/mol. The molecule has 21 heavy (non-hydrogen) atoms. The summed E-state index contributed by atoms with van der Waals surface area (Å²) in [7, 11) is 6.57. The fraction of sp³-hybridized carbons (Fsp3) is 0.286. The van der Waals surface area contributed by atoms with Gasteiger partial charge in [-0.3, -0.25) is 4.79 Å². The van der Waals surface area contributed by atoms with E-state index in [1.54, 1.807) is 35.5 Å². The summed E-state index contributed by atoms with van der Waals surface area (Å²) in [6, 6.07) is 3.46. The number of methoxy groups -OCH3 is 1. The standard InChI is InChI=1S/C14H16IN3O3/c1-16-7-9(15)5-11(16)13(19)18(3)10-6-12(14(20)21-4)17(2)8-10/h5-8H,1-4H3. The van der Waals surface area contributed by atoms with E-state index in [4.69, 9.17) is 4.74 Å². The van der Waals surface area contributed by atoms with Crippen LogP contribution in [0.4, 0.5) is 5.69 Å². The molecular formula is C14H16IN3O3. The van der Waals surface area contributed by atoms with E-state index in [0.717, 1.165) is 3.57 Å². The van der Waals surface area contributed by atoms with Crippen molar-refractivity contribution in [2.24, 2.45) is 14.1 Å². The number of hydrogen-bond donors (Lipinski definition) is 0. The van der Waals surface area contributed by atoms with Gasteiger partial charge in [0.05, 0.1) is 12.8 Å². The van der Waals surface area contributed by atoms with E-state index >= 15 is 0 Å². The van der Waals surface area contributed by atoms with Gasteiger partial charge in [-0.1, -0.05) is 0 Å². The summed E-state index contributed by atoms with van der Waals surface area (Å²) in [4.78, 5) is 25.6. The van der Waals surface area contributed by atoms with E-state index in [0.29, 0.717) is 17.1 Å². The number of carbonyl (C=O) groups is 2. The number of hydrogen-bond acceptors (Lipinski definition) is 3. The molecule has 6 nitrogen and oxygen atoms in total. The van der Waals surface area contributed by atoms with Crippen LogP contribution in [0.3, 0.4) is 0 Å². The van der Waals surface area contributed by atoms with Crippen molar-refractivity contribution >= 4 is 40.2 Å². The molecule has 0 aliphatic rings. The minimum atomic E-state index is -0.432. The van der Waals surface area contributed by atoms with Crippen molar-refractivity contribution in [3.8, 4) is 0 Å². The van der Waals surface area contributed by atoms with Gasteiger partial charge in [0.15, 0.2) is 0 Å². The van der Waals surface area contributed by atoms with E-state index in [1.807, 2.05) is 19.3 Å². The zero-order valence-corrected chi connectivity index (χ0v) is 14.4. The molecule has 0 atom stereocenters. The van der Waals surface area contributed by atoms with Crippen LogP contribution >= 0.6 is 22.6 Å². The maximum Gasteiger partial charge on any atom is 0.354 e. The van der Waals surface area contributed by atoms with Crippen LogP contribution in [0, 0.1) is 3.57 Å². The summed E-state index contributed by atoms with van der Waals surface area (Å²) in [6.45, 7) is 0. The Bertz CT molecular complexity index is 702. The Morgan fingerprint density at radius 2 is 1.76 bits per heavy atom. The quantitative estimate of drug-likeness (QED) is 0.585. The lowest BCUT2D eigenvalue weighted by atomic mass is 10.3. The molecular weight excluding hydrogens is 385 g/mol. The number of anilines is 1. The molecule has 0 aliphatic heterocycles. The van der Waals surface area contributed by atoms with Crippen LogP contribution < -0.4 is 4.90 Å². The third kappa shape index (κ3) is 2.97. The van der Waals surface area contributed by atoms with Crippen molar-refractivity contribution < 1.29 is 14.3 Å². The molecule has 1 amide bonds. The topological polar surface area (TPSA) is 56.5 Å². The molecule has 0 aliphatic carbocycles. The van der Waals surface area contributed by atoms with Crippen LogP contribution in [-0.4, -0.2) is 35.2 Å². The summed E-state index contributed by atoms with van der Waals surface area (Å²) in [6.07, 6.45) is 3.60. The monoisotopic (exact) mass is 401 g/mol. The highest BCUT2D eigenvalue weighted by Crippen LogP contribution is 2.20. The van der Waals surface area contributed by atoms with E-state index in [9.17, 15) is 9.59 Å². The first-order valence-corrected chi connectivity index (χ1v) is 7.27. The molecule has 0 saturated carbocycles. The molecule has 0 fully saturated rings. The number of aryl methyl sites for hydroxylation is 2. The summed E-state index contributed by atoms with van der Waals surface area (Å²) in [5.74, 6) is -0.569. The van der Waals surface area contributed by atoms with Gasteiger partial charge in [0.25, 0.3) is 5.91 Å². The Kier molecular flexibility index (Phi) is 4.40. The van der Waals surface area contributed by atoms with Crippen LogP contribution in [0.2, 0.25) is 0 Å². The largest absolute Gasteiger partial charge is 0.464 e. The van der Waals surface area contributed by atoms with Crippen molar-refractivity contribution in [1.82, 2.24) is 9.13 Å². The molecule has 0 N–H and O–H groups in total. The summed E-state index contributed by atoms with van der Waals surface area (Å²) >= 11 is 2.16. The third-order valence-electron chi connectivity index (χ3n) is 3.27. The Hall–Kier alpha value is -1.77. The zero-order valence-electron chi connectivity index (χ0n) is 12.3. The Balaban J connectivity index is 2.32. The van der Waals surface area contributed by atoms with Crippen molar-refractivity contribution in [2.45, 2.75) is 0 Å². The minimum absolute atomic E-state index is 0.137. The van der Waals surface area contributed by atoms with Gasteiger partial charge in [-0.25, -0.2) is 4.79 Å². The van der Waals surface area contributed by atoms with Gasteiger partial charge in [-0.15, -0.1) is 0 Å². The Labute approximate surface area is 136 Å². The lowest BCUT2D eigenvalue weighted by Crippen LogP contribution is -2.27. The van der Waals surface area contributed by atoms with E-state index < -0.39 is 5.97 Å². The van der Waals surface area contributed by atoms with Crippen LogP contribution in [0.15, 0.2) is 24.5 Å². The van der Waals surface area contributed by atoms with Gasteiger partial charge < -0.3 is 18.8 Å². The van der Waals surface area contributed by atoms with Crippen LogP contribution in [0.25, 0.3) is 0 Å². The fourth-order valence-corrected chi connectivity index (χ4v) is 2.78. The molecule has 0 unspecified atom stereocenters. The average molecular weight is 401 g/mol. The van der Waals surface area contributed by atoms with Gasteiger partial charge in [0.1, 0.15) is 11.4 Å². The Morgan fingerprint density at radius 1 is 1.14 bits per heavy atom. The van der Waals surface area contributed by atoms with E-state index in [1.165, 1.54) is 12.0 Å². The zero-order chi connectivity index (χ0) is 15.7. The number of halogens is 1. The average Bonchev–Trinajstić information content (AvgIpc) is 2.99. The second-order valence-corrected chi connectivity index (χ2v) is 5.95. The SMILES string of the molecule is COC(=O)c1cc(N(C)C(=O)c2cc(I)cn2C)cn1C. The van der Waals surface area contributed by atoms with Crippen molar-refractivity contribution in [3.05, 3.63) is 39.5 Å². The second kappa shape index (κ2) is 5.92. The number of esters is 1. The molecule has 0 radical (unpaired) electrons. The van der Waals surface area contributed by atoms with Crippen molar-refractivity contribution in [3.63, 3.8) is 0 Å². The number of amides is 1. The molecule has 0 saturated heterocycles. The third-order valence-corrected chi connectivity index (χ3v) is 3.86. The summed E-state index contributed by atoms with van der Waals surface area (Å²) in [5, 5.41) is 0. The summed E-state index contributed by atoms with van der Waals surface area (Å²) in [5.41, 5.74) is 1.62. The van der Waals surface area contributed by atoms with Gasteiger partial charge in [0, 0.05) is 37.1 Å². The number of carbonyl (C=O) groups excluding carboxylic acids is 2. The number of ether oxygens (including phenoxy) is 1. The second-order valence-electron chi connectivity index (χ2n) is 4.70. The first kappa shape index (κ1) is 15.6. The molecule has 0 spiro atoms. The van der Waals surface area contributed by atoms with Gasteiger partial charge >= 0.3 is 5.97 Å². The number of aromatic nitrogens is 2. The predicted octanol–water partition coefficient (Wildman–Crippen LogP) is 2.03. The van der Waals surface area contributed by atoms with Crippen LogP contribution in [0.1, 0.15) is 21.0 Å². The lowest BCUT2D eigenvalue weighted by molar-refractivity contribution is 0.0589. The minimum Gasteiger partial charge on any atom is -0.464 e. The van der Waals surface area contributed by atoms with Gasteiger partial charge in [-0.2, -0.15) is 0 Å². The molecule has 112 valence electrons.